The van der Waals surface area contributed by atoms with Crippen molar-refractivity contribution in [2.24, 2.45) is 5.16 Å². The predicted molar refractivity (Wildman–Crippen MR) is 134 cm³/mol. The van der Waals surface area contributed by atoms with Gasteiger partial charge in [-0.05, 0) is 30.9 Å². The molecule has 0 spiro atoms. The van der Waals surface area contributed by atoms with Crippen LogP contribution < -0.4 is 11.1 Å². The number of alkyl halides is 3. The molecule has 0 aromatic carbocycles. The Morgan fingerprint density at radius 2 is 2.02 bits per heavy atom. The van der Waals surface area contributed by atoms with Gasteiger partial charge in [-0.15, -0.1) is 11.3 Å². The van der Waals surface area contributed by atoms with Gasteiger partial charge >= 0.3 is 47.7 Å². The summed E-state index contributed by atoms with van der Waals surface area (Å²) in [6.45, 7) is -0.525. The first-order valence-electron chi connectivity index (χ1n) is 11.4. The Bertz CT molecular complexity index is 1360. The molecule has 4 rings (SSSR count). The standard InChI is InChI=1S/C22H21F3N6O7S.Na.H/c1-9(32)38-29-14(12-7-39-21(26)27-12)17(33)28-15-13-3-2-10(16(20(36)37)31(13)19(15)35)6-11-4-5-30(18(11)34)8-22(23,24)25;;/h6-7,13,15H,2-5,8H2,1H3,(H2,26,27)(H,28,33)(H,36,37);;/b11-6+,29-14-;;/t13-,15+;;/m1../s1. The van der Waals surface area contributed by atoms with Crippen molar-refractivity contribution >= 4 is 81.4 Å². The van der Waals surface area contributed by atoms with E-state index in [1.54, 1.807) is 0 Å². The number of thiazole rings is 1. The van der Waals surface area contributed by atoms with Gasteiger partial charge in [0.25, 0.3) is 11.8 Å². The van der Waals surface area contributed by atoms with Gasteiger partial charge in [0.1, 0.15) is 24.0 Å². The first-order valence-corrected chi connectivity index (χ1v) is 12.3. The van der Waals surface area contributed by atoms with Gasteiger partial charge in [0.15, 0.2) is 10.8 Å². The summed E-state index contributed by atoms with van der Waals surface area (Å²) >= 11 is 0.992. The Hall–Kier alpha value is -3.28. The fourth-order valence-electron chi connectivity index (χ4n) is 4.53. The number of fused-ring (bicyclic) bond motifs is 1. The number of hydrogen-bond acceptors (Lipinski definition) is 10. The predicted octanol–water partition coefficient (Wildman–Crippen LogP) is -0.107. The average Bonchev–Trinajstić information content (AvgIpc) is 3.41. The van der Waals surface area contributed by atoms with Crippen molar-refractivity contribution in [2.75, 3.05) is 18.8 Å². The fraction of sp³-hybridized carbons (Fsp3) is 0.409. The van der Waals surface area contributed by atoms with Crippen molar-refractivity contribution < 1.29 is 47.1 Å². The van der Waals surface area contributed by atoms with E-state index in [1.165, 1.54) is 11.5 Å². The number of nitrogens with two attached hydrogens (primary N) is 1. The van der Waals surface area contributed by atoms with E-state index in [2.05, 4.69) is 20.3 Å². The molecular formula is C22H22F3N6NaO7S. The summed E-state index contributed by atoms with van der Waals surface area (Å²) in [5.41, 5.74) is 4.86. The first-order chi connectivity index (χ1) is 18.3. The molecular weight excluding hydrogens is 572 g/mol. The van der Waals surface area contributed by atoms with Gasteiger partial charge in [-0.2, -0.15) is 13.2 Å². The zero-order valence-corrected chi connectivity index (χ0v) is 21.0. The number of hydrogen-bond donors (Lipinski definition) is 3. The van der Waals surface area contributed by atoms with Crippen molar-refractivity contribution in [1.29, 1.82) is 0 Å². The number of amides is 3. The van der Waals surface area contributed by atoms with Crippen molar-refractivity contribution in [3.05, 3.63) is 34.0 Å². The number of nitrogens with one attached hydrogen (secondary N) is 1. The molecule has 3 amide bonds. The van der Waals surface area contributed by atoms with Crippen molar-refractivity contribution in [2.45, 2.75) is 44.4 Å². The molecule has 2 fully saturated rings. The Balaban J connectivity index is 0.00000441. The topological polar surface area (TPSA) is 185 Å². The van der Waals surface area contributed by atoms with Crippen LogP contribution in [-0.2, 0) is 28.8 Å². The molecule has 3 aliphatic heterocycles. The van der Waals surface area contributed by atoms with Crippen LogP contribution in [0.4, 0.5) is 18.3 Å². The molecule has 0 radical (unpaired) electrons. The number of likely N-dealkylation sites (tertiary alicyclic amines) is 1. The summed E-state index contributed by atoms with van der Waals surface area (Å²) in [4.78, 5) is 71.6. The monoisotopic (exact) mass is 594 g/mol. The number of carboxylic acids is 1. The summed E-state index contributed by atoms with van der Waals surface area (Å²) < 4.78 is 38.2. The zero-order valence-electron chi connectivity index (χ0n) is 20.1. The number of allylic oxidation sites excluding steroid dienone is 2. The van der Waals surface area contributed by atoms with Gasteiger partial charge in [0.05, 0.1) is 6.04 Å². The Morgan fingerprint density at radius 1 is 1.32 bits per heavy atom. The van der Waals surface area contributed by atoms with Crippen LogP contribution in [0.3, 0.4) is 0 Å². The second kappa shape index (κ2) is 12.1. The number of rotatable bonds is 7. The molecule has 0 aliphatic carbocycles. The van der Waals surface area contributed by atoms with Gasteiger partial charge in [0, 0.05) is 24.4 Å². The van der Waals surface area contributed by atoms with Gasteiger partial charge in [-0.1, -0.05) is 5.16 Å². The third-order valence-corrected chi connectivity index (χ3v) is 6.81. The Labute approximate surface area is 250 Å². The van der Waals surface area contributed by atoms with Crippen LogP contribution in [0.1, 0.15) is 31.9 Å². The summed E-state index contributed by atoms with van der Waals surface area (Å²) in [5, 5.41) is 17.3. The second-order valence-corrected chi connectivity index (χ2v) is 9.69. The Kier molecular flexibility index (Phi) is 9.43. The van der Waals surface area contributed by atoms with E-state index >= 15 is 0 Å². The molecule has 1 aromatic rings. The third-order valence-electron chi connectivity index (χ3n) is 6.14. The van der Waals surface area contributed by atoms with E-state index < -0.39 is 65.9 Å². The number of carbonyl (C=O) groups excluding carboxylic acids is 4. The van der Waals surface area contributed by atoms with E-state index in [4.69, 9.17) is 5.73 Å². The van der Waals surface area contributed by atoms with Crippen LogP contribution in [0.25, 0.3) is 0 Å². The van der Waals surface area contributed by atoms with Crippen LogP contribution in [0, 0.1) is 0 Å². The number of halogens is 3. The van der Waals surface area contributed by atoms with E-state index in [1.807, 2.05) is 0 Å². The maximum absolute atomic E-state index is 13.0. The van der Waals surface area contributed by atoms with E-state index in [9.17, 15) is 42.3 Å². The van der Waals surface area contributed by atoms with Crippen LogP contribution >= 0.6 is 11.3 Å². The van der Waals surface area contributed by atoms with Crippen molar-refractivity contribution in [1.82, 2.24) is 20.1 Å². The number of carboxylic acid groups (broad SMARTS) is 1. The van der Waals surface area contributed by atoms with Crippen LogP contribution in [0.5, 0.6) is 0 Å². The van der Waals surface area contributed by atoms with Gasteiger partial charge in [-0.25, -0.2) is 14.6 Å². The number of carbonyl (C=O) groups is 5. The van der Waals surface area contributed by atoms with Crippen molar-refractivity contribution in [3.8, 4) is 0 Å². The normalized spacial score (nSPS) is 22.1. The fourth-order valence-corrected chi connectivity index (χ4v) is 5.08. The molecule has 1 aromatic heterocycles. The molecule has 4 N–H and O–H groups in total. The molecule has 0 bridgehead atoms. The number of anilines is 1. The van der Waals surface area contributed by atoms with Crippen LogP contribution in [0.2, 0.25) is 0 Å². The molecule has 18 heteroatoms. The summed E-state index contributed by atoms with van der Waals surface area (Å²) in [5.74, 6) is -4.83. The molecule has 13 nitrogen and oxygen atoms in total. The van der Waals surface area contributed by atoms with E-state index in [0.717, 1.165) is 23.2 Å². The van der Waals surface area contributed by atoms with Crippen molar-refractivity contribution in [3.63, 3.8) is 0 Å². The summed E-state index contributed by atoms with van der Waals surface area (Å²) in [7, 11) is 0. The van der Waals surface area contributed by atoms with Gasteiger partial charge in [-0.3, -0.25) is 19.3 Å². The van der Waals surface area contributed by atoms with E-state index in [0.29, 0.717) is 4.90 Å². The summed E-state index contributed by atoms with van der Waals surface area (Å²) in [6.07, 6.45) is -3.09. The molecule has 2 saturated heterocycles. The molecule has 2 atom stereocenters. The average molecular weight is 595 g/mol. The van der Waals surface area contributed by atoms with Gasteiger partial charge < -0.3 is 25.9 Å². The maximum atomic E-state index is 13.0. The van der Waals surface area contributed by atoms with Crippen LogP contribution in [0.15, 0.2) is 33.5 Å². The first kappa shape index (κ1) is 31.3. The molecule has 0 saturated carbocycles. The number of nitrogen functional groups attached to an aromatic ring is 1. The minimum absolute atomic E-state index is 0. The second-order valence-electron chi connectivity index (χ2n) is 8.80. The van der Waals surface area contributed by atoms with E-state index in [-0.39, 0.29) is 77.3 Å². The number of oxime groups is 1. The molecule has 3 aliphatic rings. The van der Waals surface area contributed by atoms with Gasteiger partial charge in [0.2, 0.25) is 5.91 Å². The number of β-lactam (4-membered cyclic amide) rings is 1. The number of aromatic nitrogens is 1. The summed E-state index contributed by atoms with van der Waals surface area (Å²) in [6, 6.07) is -1.90. The molecule has 210 valence electrons. The SMILES string of the molecule is CC(=O)O/N=C(\C(=O)N[C@@H]1C(=O)N2C(C(=O)O)=C(/C=C3\CCN(CC(F)(F)F)C3=O)CC[C@H]12)c1csc(N)n1.[NaH]. The molecule has 0 unspecified atom stereocenters. The Morgan fingerprint density at radius 3 is 2.60 bits per heavy atom. The third kappa shape index (κ3) is 6.54. The number of aliphatic carboxylic acids is 1. The molecule has 4 heterocycles. The zero-order chi connectivity index (χ0) is 28.6. The number of nitrogens with zero attached hydrogens (tertiary/aromatic N) is 4. The quantitative estimate of drug-likeness (QED) is 0.0968. The van der Waals surface area contributed by atoms with Crippen LogP contribution in [-0.4, -0.2) is 116 Å². The minimum atomic E-state index is -4.58. The molecule has 40 heavy (non-hydrogen) atoms.